The Morgan fingerprint density at radius 1 is 1.03 bits per heavy atom. The van der Waals surface area contributed by atoms with Crippen molar-refractivity contribution in [3.05, 3.63) is 94.0 Å². The molecule has 0 unspecified atom stereocenters. The molecule has 4 aromatic rings. The molecule has 1 amide bonds. The molecule has 0 aliphatic heterocycles. The van der Waals surface area contributed by atoms with E-state index in [4.69, 9.17) is 16.6 Å². The predicted octanol–water partition coefficient (Wildman–Crippen LogP) is 5.39. The average molecular weight is 475 g/mol. The predicted molar refractivity (Wildman–Crippen MR) is 138 cm³/mol. The Bertz CT molecular complexity index is 1340. The third-order valence-corrected chi connectivity index (χ3v) is 5.66. The SMILES string of the molecule is CC(=O)NCc1ccc(C(=Nc2ccc(CN(C)C)cc2)c2c(O)[nH]c3cc(Cl)ccc23)cc1. The number of nitrogens with zero attached hydrogens (tertiary/aromatic N) is 2. The van der Waals surface area contributed by atoms with E-state index in [-0.39, 0.29) is 11.8 Å². The average Bonchev–Trinajstić information content (AvgIpc) is 3.11. The van der Waals surface area contributed by atoms with Crippen molar-refractivity contribution >= 4 is 39.8 Å². The van der Waals surface area contributed by atoms with Crippen LogP contribution >= 0.6 is 11.6 Å². The van der Waals surface area contributed by atoms with E-state index in [1.54, 1.807) is 12.1 Å². The van der Waals surface area contributed by atoms with Gasteiger partial charge in [-0.05, 0) is 49.5 Å². The van der Waals surface area contributed by atoms with Gasteiger partial charge in [-0.1, -0.05) is 54.1 Å². The first-order valence-corrected chi connectivity index (χ1v) is 11.3. The molecule has 0 aliphatic carbocycles. The van der Waals surface area contributed by atoms with Crippen LogP contribution in [0.1, 0.15) is 29.2 Å². The molecule has 3 aromatic carbocycles. The number of aliphatic imine (C=N–C) groups is 1. The van der Waals surface area contributed by atoms with Gasteiger partial charge in [0.25, 0.3) is 0 Å². The summed E-state index contributed by atoms with van der Waals surface area (Å²) in [5, 5.41) is 15.1. The van der Waals surface area contributed by atoms with Crippen molar-refractivity contribution in [1.29, 1.82) is 0 Å². The lowest BCUT2D eigenvalue weighted by Crippen LogP contribution is -2.18. The van der Waals surface area contributed by atoms with Crippen LogP contribution in [-0.4, -0.2) is 40.7 Å². The lowest BCUT2D eigenvalue weighted by atomic mass is 9.99. The standard InChI is InChI=1S/C27H27ClN4O2/c1-17(33)29-15-18-4-8-20(9-5-18)26(30-22-11-6-19(7-12-22)16-32(2)3)25-23-13-10-21(28)14-24(23)31-27(25)34/h4-14,31,34H,15-16H2,1-3H3,(H,29,33). The number of aromatic amines is 1. The fraction of sp³-hybridized carbons (Fsp3) is 0.185. The van der Waals surface area contributed by atoms with Crippen LogP contribution in [-0.2, 0) is 17.9 Å². The van der Waals surface area contributed by atoms with Gasteiger partial charge in [-0.2, -0.15) is 0 Å². The van der Waals surface area contributed by atoms with E-state index >= 15 is 0 Å². The molecule has 34 heavy (non-hydrogen) atoms. The molecule has 0 saturated carbocycles. The molecule has 4 rings (SSSR count). The first kappa shape index (κ1) is 23.5. The molecule has 0 spiro atoms. The van der Waals surface area contributed by atoms with E-state index < -0.39 is 0 Å². The Morgan fingerprint density at radius 2 is 1.71 bits per heavy atom. The number of rotatable bonds is 7. The summed E-state index contributed by atoms with van der Waals surface area (Å²) >= 11 is 6.16. The summed E-state index contributed by atoms with van der Waals surface area (Å²) in [6.07, 6.45) is 0. The number of carbonyl (C=O) groups excluding carboxylic acids is 1. The number of fused-ring (bicyclic) bond motifs is 1. The van der Waals surface area contributed by atoms with Gasteiger partial charge in [0.15, 0.2) is 5.88 Å². The van der Waals surface area contributed by atoms with Crippen LogP contribution in [0.5, 0.6) is 5.88 Å². The molecular weight excluding hydrogens is 448 g/mol. The monoisotopic (exact) mass is 474 g/mol. The number of carbonyl (C=O) groups is 1. The highest BCUT2D eigenvalue weighted by molar-refractivity contribution is 6.31. The Hall–Kier alpha value is -3.61. The lowest BCUT2D eigenvalue weighted by Gasteiger charge is -2.11. The topological polar surface area (TPSA) is 80.7 Å². The summed E-state index contributed by atoms with van der Waals surface area (Å²) in [6, 6.07) is 21.3. The van der Waals surface area contributed by atoms with Crippen LogP contribution in [0, 0.1) is 0 Å². The maximum absolute atomic E-state index is 11.2. The third kappa shape index (κ3) is 5.47. The van der Waals surface area contributed by atoms with E-state index in [0.717, 1.165) is 34.3 Å². The molecule has 0 aliphatic rings. The number of hydrogen-bond acceptors (Lipinski definition) is 4. The molecule has 7 heteroatoms. The molecule has 0 radical (unpaired) electrons. The van der Waals surface area contributed by atoms with Gasteiger partial charge in [0.2, 0.25) is 5.91 Å². The molecule has 0 fully saturated rings. The van der Waals surface area contributed by atoms with Gasteiger partial charge in [-0.3, -0.25) is 4.79 Å². The van der Waals surface area contributed by atoms with Crippen molar-refractivity contribution in [2.24, 2.45) is 4.99 Å². The van der Waals surface area contributed by atoms with Crippen LogP contribution in [0.15, 0.2) is 71.7 Å². The van der Waals surface area contributed by atoms with Crippen LogP contribution in [0.25, 0.3) is 10.9 Å². The molecule has 1 heterocycles. The number of H-pyrrole nitrogens is 1. The van der Waals surface area contributed by atoms with E-state index in [0.29, 0.717) is 22.8 Å². The van der Waals surface area contributed by atoms with Crippen LogP contribution in [0.4, 0.5) is 5.69 Å². The molecule has 0 bridgehead atoms. The van der Waals surface area contributed by atoms with Gasteiger partial charge < -0.3 is 20.3 Å². The first-order chi connectivity index (χ1) is 16.3. The number of nitrogens with one attached hydrogen (secondary N) is 2. The minimum Gasteiger partial charge on any atom is -0.494 e. The second-order valence-electron chi connectivity index (χ2n) is 8.51. The largest absolute Gasteiger partial charge is 0.494 e. The van der Waals surface area contributed by atoms with Gasteiger partial charge in [0, 0.05) is 36.0 Å². The Kier molecular flexibility index (Phi) is 7.01. The van der Waals surface area contributed by atoms with Gasteiger partial charge in [-0.15, -0.1) is 0 Å². The second-order valence-corrected chi connectivity index (χ2v) is 8.95. The summed E-state index contributed by atoms with van der Waals surface area (Å²) in [4.78, 5) is 21.3. The first-order valence-electron chi connectivity index (χ1n) is 11.0. The summed E-state index contributed by atoms with van der Waals surface area (Å²) in [7, 11) is 4.07. The number of aromatic hydroxyl groups is 1. The van der Waals surface area contributed by atoms with Gasteiger partial charge in [0.1, 0.15) is 0 Å². The quantitative estimate of drug-likeness (QED) is 0.314. The zero-order valence-corrected chi connectivity index (χ0v) is 20.1. The number of halogens is 1. The Labute approximate surface area is 203 Å². The van der Waals surface area contributed by atoms with Gasteiger partial charge in [-0.25, -0.2) is 4.99 Å². The molecule has 0 atom stereocenters. The van der Waals surface area contributed by atoms with Crippen molar-refractivity contribution < 1.29 is 9.90 Å². The van der Waals surface area contributed by atoms with Crippen LogP contribution in [0.2, 0.25) is 5.02 Å². The van der Waals surface area contributed by atoms with Gasteiger partial charge in [0.05, 0.1) is 22.5 Å². The van der Waals surface area contributed by atoms with Crippen molar-refractivity contribution in [2.75, 3.05) is 14.1 Å². The number of amides is 1. The van der Waals surface area contributed by atoms with Crippen molar-refractivity contribution in [2.45, 2.75) is 20.0 Å². The minimum absolute atomic E-state index is 0.0302. The molecule has 6 nitrogen and oxygen atoms in total. The third-order valence-electron chi connectivity index (χ3n) is 5.42. The maximum atomic E-state index is 11.2. The molecule has 3 N–H and O–H groups in total. The second kappa shape index (κ2) is 10.1. The number of aromatic nitrogens is 1. The molecular formula is C27H27ClN4O2. The highest BCUT2D eigenvalue weighted by Crippen LogP contribution is 2.33. The molecule has 1 aromatic heterocycles. The van der Waals surface area contributed by atoms with Crippen molar-refractivity contribution in [1.82, 2.24) is 15.2 Å². The van der Waals surface area contributed by atoms with E-state index in [1.165, 1.54) is 12.5 Å². The summed E-state index contributed by atoms with van der Waals surface area (Å²) in [5.74, 6) is -0.0472. The highest BCUT2D eigenvalue weighted by Gasteiger charge is 2.19. The van der Waals surface area contributed by atoms with Crippen LogP contribution < -0.4 is 5.32 Å². The summed E-state index contributed by atoms with van der Waals surface area (Å²) in [6.45, 7) is 2.79. The van der Waals surface area contributed by atoms with E-state index in [2.05, 4.69) is 27.3 Å². The highest BCUT2D eigenvalue weighted by atomic mass is 35.5. The maximum Gasteiger partial charge on any atom is 0.217 e. The summed E-state index contributed by atoms with van der Waals surface area (Å²) < 4.78 is 0. The number of hydrogen-bond donors (Lipinski definition) is 3. The normalized spacial score (nSPS) is 11.9. The fourth-order valence-electron chi connectivity index (χ4n) is 3.84. The zero-order chi connectivity index (χ0) is 24.2. The fourth-order valence-corrected chi connectivity index (χ4v) is 4.01. The molecule has 174 valence electrons. The lowest BCUT2D eigenvalue weighted by molar-refractivity contribution is -0.119. The van der Waals surface area contributed by atoms with E-state index in [1.807, 2.05) is 56.6 Å². The zero-order valence-electron chi connectivity index (χ0n) is 19.4. The number of benzene rings is 3. The Morgan fingerprint density at radius 3 is 2.35 bits per heavy atom. The van der Waals surface area contributed by atoms with Crippen molar-refractivity contribution in [3.8, 4) is 5.88 Å². The summed E-state index contributed by atoms with van der Waals surface area (Å²) in [5.41, 5.74) is 5.77. The van der Waals surface area contributed by atoms with Crippen LogP contribution in [0.3, 0.4) is 0 Å². The van der Waals surface area contributed by atoms with Crippen molar-refractivity contribution in [3.63, 3.8) is 0 Å². The van der Waals surface area contributed by atoms with Gasteiger partial charge >= 0.3 is 0 Å². The molecule has 0 saturated heterocycles. The Balaban J connectivity index is 1.80. The minimum atomic E-state index is -0.0774. The smallest absolute Gasteiger partial charge is 0.217 e. The van der Waals surface area contributed by atoms with E-state index in [9.17, 15) is 9.90 Å².